The van der Waals surface area contributed by atoms with Crippen LogP contribution in [0.25, 0.3) is 10.9 Å². The lowest BCUT2D eigenvalue weighted by molar-refractivity contribution is -0.122. The fourth-order valence-corrected chi connectivity index (χ4v) is 3.48. The van der Waals surface area contributed by atoms with Gasteiger partial charge in [-0.2, -0.15) is 0 Å². The normalized spacial score (nSPS) is 18.9. The molecule has 25 heavy (non-hydrogen) atoms. The zero-order valence-corrected chi connectivity index (χ0v) is 15.8. The van der Waals surface area contributed by atoms with Gasteiger partial charge in [-0.05, 0) is 38.0 Å². The molecule has 0 aliphatic carbocycles. The van der Waals surface area contributed by atoms with Crippen LogP contribution < -0.4 is 10.9 Å². The van der Waals surface area contributed by atoms with E-state index in [9.17, 15) is 9.59 Å². The van der Waals surface area contributed by atoms with E-state index in [1.165, 1.54) is 10.9 Å². The summed E-state index contributed by atoms with van der Waals surface area (Å²) < 4.78 is 7.79. The summed E-state index contributed by atoms with van der Waals surface area (Å²) in [6.07, 6.45) is 3.87. The van der Waals surface area contributed by atoms with Crippen molar-refractivity contribution < 1.29 is 9.53 Å². The third-order valence-electron chi connectivity index (χ3n) is 4.66. The molecule has 1 N–H and O–H groups in total. The second-order valence-corrected chi connectivity index (χ2v) is 7.40. The van der Waals surface area contributed by atoms with Crippen molar-refractivity contribution in [1.29, 1.82) is 0 Å². The van der Waals surface area contributed by atoms with Crippen LogP contribution in [0.1, 0.15) is 26.2 Å². The molecule has 1 aromatic carbocycles. The van der Waals surface area contributed by atoms with Crippen LogP contribution in [0.15, 0.2) is 33.8 Å². The highest BCUT2D eigenvalue weighted by Crippen LogP contribution is 2.17. The van der Waals surface area contributed by atoms with Crippen molar-refractivity contribution in [3.63, 3.8) is 0 Å². The molecule has 134 valence electrons. The lowest BCUT2D eigenvalue weighted by Crippen LogP contribution is -2.41. The van der Waals surface area contributed by atoms with E-state index < -0.39 is 0 Å². The Morgan fingerprint density at radius 3 is 3.12 bits per heavy atom. The molecule has 6 nitrogen and oxygen atoms in total. The number of nitrogens with one attached hydrogen (secondary N) is 1. The molecule has 0 unspecified atom stereocenters. The van der Waals surface area contributed by atoms with Crippen LogP contribution in [0.5, 0.6) is 0 Å². The first-order valence-electron chi connectivity index (χ1n) is 8.56. The van der Waals surface area contributed by atoms with Crippen LogP contribution in [0.3, 0.4) is 0 Å². The standard InChI is InChI=1S/C18H22BrN3O3/c1-12(13-3-2-8-25-10-13)21-17(23)6-7-22-11-20-16-5-4-14(19)9-15(16)18(22)24/h4-5,9,11-13H,2-3,6-8,10H2,1H3,(H,21,23)/t12-,13-/m0/s1. The summed E-state index contributed by atoms with van der Waals surface area (Å²) in [6, 6.07) is 5.48. The highest BCUT2D eigenvalue weighted by Gasteiger charge is 2.21. The Hall–Kier alpha value is -1.73. The maximum Gasteiger partial charge on any atom is 0.261 e. The molecule has 1 saturated heterocycles. The lowest BCUT2D eigenvalue weighted by Gasteiger charge is -2.28. The average molecular weight is 408 g/mol. The van der Waals surface area contributed by atoms with Crippen molar-refractivity contribution in [2.24, 2.45) is 5.92 Å². The monoisotopic (exact) mass is 407 g/mol. The molecule has 1 amide bonds. The first kappa shape index (κ1) is 18.1. The SMILES string of the molecule is C[C@H](NC(=O)CCn1cnc2ccc(Br)cc2c1=O)[C@H]1CCCOC1. The van der Waals surface area contributed by atoms with E-state index in [2.05, 4.69) is 26.2 Å². The van der Waals surface area contributed by atoms with Crippen molar-refractivity contribution in [1.82, 2.24) is 14.9 Å². The fraction of sp³-hybridized carbons (Fsp3) is 0.500. The minimum absolute atomic E-state index is 0.0562. The summed E-state index contributed by atoms with van der Waals surface area (Å²) in [4.78, 5) is 29.0. The number of nitrogens with zero attached hydrogens (tertiary/aromatic N) is 2. The van der Waals surface area contributed by atoms with Gasteiger partial charge < -0.3 is 10.1 Å². The van der Waals surface area contributed by atoms with Gasteiger partial charge in [0.25, 0.3) is 5.56 Å². The Labute approximate surface area is 154 Å². The number of carbonyl (C=O) groups is 1. The largest absolute Gasteiger partial charge is 0.381 e. The number of carbonyl (C=O) groups excluding carboxylic acids is 1. The van der Waals surface area contributed by atoms with Crippen LogP contribution in [0.2, 0.25) is 0 Å². The highest BCUT2D eigenvalue weighted by molar-refractivity contribution is 9.10. The molecule has 0 radical (unpaired) electrons. The number of aryl methyl sites for hydroxylation is 1. The minimum Gasteiger partial charge on any atom is -0.381 e. The van der Waals surface area contributed by atoms with Crippen LogP contribution in [0.4, 0.5) is 0 Å². The van der Waals surface area contributed by atoms with Gasteiger partial charge in [0, 0.05) is 36.0 Å². The van der Waals surface area contributed by atoms with Gasteiger partial charge >= 0.3 is 0 Å². The predicted octanol–water partition coefficient (Wildman–Crippen LogP) is 2.48. The molecule has 2 atom stereocenters. The third kappa shape index (κ3) is 4.46. The van der Waals surface area contributed by atoms with Crippen LogP contribution in [0, 0.1) is 5.92 Å². The van der Waals surface area contributed by atoms with Crippen molar-refractivity contribution in [2.45, 2.75) is 38.8 Å². The van der Waals surface area contributed by atoms with Gasteiger partial charge in [0.15, 0.2) is 0 Å². The van der Waals surface area contributed by atoms with Crippen molar-refractivity contribution >= 4 is 32.7 Å². The minimum atomic E-state index is -0.132. The maximum absolute atomic E-state index is 12.5. The quantitative estimate of drug-likeness (QED) is 0.825. The van der Waals surface area contributed by atoms with Gasteiger partial charge in [-0.3, -0.25) is 14.2 Å². The Morgan fingerprint density at radius 2 is 2.36 bits per heavy atom. The van der Waals surface area contributed by atoms with E-state index in [0.717, 1.165) is 23.9 Å². The Morgan fingerprint density at radius 1 is 1.52 bits per heavy atom. The first-order chi connectivity index (χ1) is 12.0. The average Bonchev–Trinajstić information content (AvgIpc) is 2.62. The third-order valence-corrected chi connectivity index (χ3v) is 5.15. The van der Waals surface area contributed by atoms with Crippen molar-refractivity contribution in [3.8, 4) is 0 Å². The summed E-state index contributed by atoms with van der Waals surface area (Å²) in [7, 11) is 0. The number of halogens is 1. The van der Waals surface area contributed by atoms with E-state index in [1.807, 2.05) is 13.0 Å². The lowest BCUT2D eigenvalue weighted by atomic mass is 9.95. The zero-order valence-electron chi connectivity index (χ0n) is 14.2. The summed E-state index contributed by atoms with van der Waals surface area (Å²) in [6.45, 7) is 3.84. The van der Waals surface area contributed by atoms with E-state index in [4.69, 9.17) is 4.74 Å². The van der Waals surface area contributed by atoms with Crippen LogP contribution in [-0.4, -0.2) is 34.7 Å². The van der Waals surface area contributed by atoms with E-state index in [0.29, 0.717) is 30.0 Å². The summed E-state index contributed by atoms with van der Waals surface area (Å²) in [5.41, 5.74) is 0.521. The summed E-state index contributed by atoms with van der Waals surface area (Å²) >= 11 is 3.37. The molecule has 1 aromatic heterocycles. The van der Waals surface area contributed by atoms with Crippen LogP contribution >= 0.6 is 15.9 Å². The molecule has 3 rings (SSSR count). The van der Waals surface area contributed by atoms with E-state index in [1.54, 1.807) is 12.1 Å². The molecule has 7 heteroatoms. The van der Waals surface area contributed by atoms with Gasteiger partial charge in [-0.25, -0.2) is 4.98 Å². The zero-order chi connectivity index (χ0) is 17.8. The highest BCUT2D eigenvalue weighted by atomic mass is 79.9. The summed E-state index contributed by atoms with van der Waals surface area (Å²) in [5, 5.41) is 3.57. The number of ether oxygens (including phenoxy) is 1. The van der Waals surface area contributed by atoms with Gasteiger partial charge in [-0.15, -0.1) is 0 Å². The Balaban J connectivity index is 1.61. The van der Waals surface area contributed by atoms with Gasteiger partial charge in [0.1, 0.15) is 0 Å². The smallest absolute Gasteiger partial charge is 0.261 e. The Bertz CT molecular complexity index is 815. The second kappa shape index (κ2) is 8.10. The number of benzene rings is 1. The Kier molecular flexibility index (Phi) is 5.86. The van der Waals surface area contributed by atoms with Gasteiger partial charge in [0.05, 0.1) is 23.8 Å². The molecule has 2 heterocycles. The number of rotatable bonds is 5. The topological polar surface area (TPSA) is 73.2 Å². The number of hydrogen-bond donors (Lipinski definition) is 1. The molecular formula is C18H22BrN3O3. The number of hydrogen-bond acceptors (Lipinski definition) is 4. The van der Waals surface area contributed by atoms with Gasteiger partial charge in [-0.1, -0.05) is 15.9 Å². The molecular weight excluding hydrogens is 386 g/mol. The molecule has 1 aliphatic heterocycles. The molecule has 0 saturated carbocycles. The van der Waals surface area contributed by atoms with Crippen molar-refractivity contribution in [3.05, 3.63) is 39.4 Å². The molecule has 1 aliphatic rings. The van der Waals surface area contributed by atoms with E-state index >= 15 is 0 Å². The fourth-order valence-electron chi connectivity index (χ4n) is 3.12. The number of fused-ring (bicyclic) bond motifs is 1. The first-order valence-corrected chi connectivity index (χ1v) is 9.35. The number of amides is 1. The second-order valence-electron chi connectivity index (χ2n) is 6.49. The summed E-state index contributed by atoms with van der Waals surface area (Å²) in [5.74, 6) is 0.305. The van der Waals surface area contributed by atoms with E-state index in [-0.39, 0.29) is 23.9 Å². The molecule has 0 bridgehead atoms. The van der Waals surface area contributed by atoms with Crippen LogP contribution in [-0.2, 0) is 16.1 Å². The molecule has 0 spiro atoms. The molecule has 1 fully saturated rings. The predicted molar refractivity (Wildman–Crippen MR) is 99.5 cm³/mol. The van der Waals surface area contributed by atoms with Gasteiger partial charge in [0.2, 0.25) is 5.91 Å². The number of aromatic nitrogens is 2. The molecule has 2 aromatic rings. The maximum atomic E-state index is 12.5. The van der Waals surface area contributed by atoms with Crippen molar-refractivity contribution in [2.75, 3.05) is 13.2 Å².